The first kappa shape index (κ1) is 13.1. The van der Waals surface area contributed by atoms with Crippen molar-refractivity contribution in [3.8, 4) is 11.4 Å². The molecule has 0 amide bonds. The molecule has 1 N–H and O–H groups in total. The smallest absolute Gasteiger partial charge is 0.222 e. The van der Waals surface area contributed by atoms with E-state index in [1.807, 2.05) is 25.5 Å². The van der Waals surface area contributed by atoms with E-state index < -0.39 is 0 Å². The molecule has 0 aromatic carbocycles. The normalized spacial score (nSPS) is 15.7. The van der Waals surface area contributed by atoms with E-state index in [0.717, 1.165) is 30.4 Å². The van der Waals surface area contributed by atoms with Gasteiger partial charge in [0.1, 0.15) is 5.82 Å². The van der Waals surface area contributed by atoms with Crippen LogP contribution < -0.4 is 5.32 Å². The molecule has 2 aromatic rings. The lowest BCUT2D eigenvalue weighted by molar-refractivity contribution is 0.460. The Hall–Kier alpha value is -1.91. The quantitative estimate of drug-likeness (QED) is 0.908. The Morgan fingerprint density at radius 3 is 2.65 bits per heavy atom. The van der Waals surface area contributed by atoms with Gasteiger partial charge in [-0.25, -0.2) is 15.0 Å². The average Bonchev–Trinajstić information content (AvgIpc) is 3.12. The summed E-state index contributed by atoms with van der Waals surface area (Å²) in [7, 11) is 0. The Labute approximate surface area is 119 Å². The fourth-order valence-electron chi connectivity index (χ4n) is 2.88. The maximum absolute atomic E-state index is 4.47. The lowest BCUT2D eigenvalue weighted by atomic mass is 10.1. The molecule has 1 saturated carbocycles. The molecule has 0 saturated heterocycles. The summed E-state index contributed by atoms with van der Waals surface area (Å²) in [5.74, 6) is 2.44. The van der Waals surface area contributed by atoms with Gasteiger partial charge in [-0.05, 0) is 25.7 Å². The molecule has 3 rings (SSSR count). The van der Waals surface area contributed by atoms with Gasteiger partial charge in [0, 0.05) is 37.9 Å². The second kappa shape index (κ2) is 6.03. The molecule has 1 aliphatic rings. The van der Waals surface area contributed by atoms with Crippen LogP contribution in [0.1, 0.15) is 32.6 Å². The van der Waals surface area contributed by atoms with Crippen molar-refractivity contribution in [1.82, 2.24) is 19.5 Å². The topological polar surface area (TPSA) is 55.6 Å². The van der Waals surface area contributed by atoms with E-state index >= 15 is 0 Å². The number of rotatable bonds is 5. The second-order valence-corrected chi connectivity index (χ2v) is 5.38. The predicted octanol–water partition coefficient (Wildman–Crippen LogP) is 2.96. The molecule has 1 fully saturated rings. The number of anilines is 1. The Morgan fingerprint density at radius 1 is 1.20 bits per heavy atom. The van der Waals surface area contributed by atoms with Crippen molar-refractivity contribution < 1.29 is 0 Å². The highest BCUT2D eigenvalue weighted by atomic mass is 15.1. The van der Waals surface area contributed by atoms with E-state index in [9.17, 15) is 0 Å². The highest BCUT2D eigenvalue weighted by molar-refractivity contribution is 5.53. The van der Waals surface area contributed by atoms with Crippen molar-refractivity contribution in [3.63, 3.8) is 0 Å². The lowest BCUT2D eigenvalue weighted by Crippen LogP contribution is -2.08. The van der Waals surface area contributed by atoms with Crippen LogP contribution in [0.2, 0.25) is 0 Å². The molecule has 5 nitrogen and oxygen atoms in total. The first-order valence-corrected chi connectivity index (χ1v) is 7.44. The van der Waals surface area contributed by atoms with Crippen molar-refractivity contribution in [2.75, 3.05) is 11.9 Å². The zero-order valence-electron chi connectivity index (χ0n) is 11.9. The first-order valence-electron chi connectivity index (χ1n) is 7.44. The minimum atomic E-state index is 0.671. The maximum Gasteiger partial charge on any atom is 0.222 e. The molecular weight excluding hydrogens is 250 g/mol. The largest absolute Gasteiger partial charge is 0.355 e. The molecule has 0 aliphatic heterocycles. The molecule has 20 heavy (non-hydrogen) atoms. The zero-order valence-corrected chi connectivity index (χ0v) is 11.9. The molecule has 0 atom stereocenters. The summed E-state index contributed by atoms with van der Waals surface area (Å²) in [4.78, 5) is 13.1. The van der Waals surface area contributed by atoms with Gasteiger partial charge >= 0.3 is 0 Å². The Bertz CT molecular complexity index is 540. The number of nitrogens with zero attached hydrogens (tertiary/aromatic N) is 4. The fraction of sp³-hybridized carbons (Fsp3) is 0.533. The summed E-state index contributed by atoms with van der Waals surface area (Å²) in [6.45, 7) is 3.92. The van der Waals surface area contributed by atoms with Gasteiger partial charge in [-0.2, -0.15) is 0 Å². The minimum Gasteiger partial charge on any atom is -0.355 e. The molecule has 0 unspecified atom stereocenters. The Balaban J connectivity index is 1.77. The van der Waals surface area contributed by atoms with Gasteiger partial charge < -0.3 is 9.88 Å². The van der Waals surface area contributed by atoms with Crippen LogP contribution in [-0.4, -0.2) is 26.1 Å². The summed E-state index contributed by atoms with van der Waals surface area (Å²) in [5.41, 5.74) is 0.981. The summed E-state index contributed by atoms with van der Waals surface area (Å²) >= 11 is 0. The molecule has 5 heteroatoms. The molecule has 0 bridgehead atoms. The number of nitrogens with one attached hydrogen (secondary N) is 1. The fourth-order valence-corrected chi connectivity index (χ4v) is 2.88. The molecular formula is C15H21N5. The summed E-state index contributed by atoms with van der Waals surface area (Å²) in [6.07, 6.45) is 13.0. The van der Waals surface area contributed by atoms with Crippen LogP contribution in [0.4, 0.5) is 5.95 Å². The molecule has 2 aromatic heterocycles. The van der Waals surface area contributed by atoms with Gasteiger partial charge in [0.2, 0.25) is 5.95 Å². The number of hydrogen-bond donors (Lipinski definition) is 1. The van der Waals surface area contributed by atoms with E-state index in [4.69, 9.17) is 0 Å². The highest BCUT2D eigenvalue weighted by Crippen LogP contribution is 2.27. The van der Waals surface area contributed by atoms with Gasteiger partial charge in [-0.3, -0.25) is 0 Å². The molecule has 0 spiro atoms. The minimum absolute atomic E-state index is 0.671. The summed E-state index contributed by atoms with van der Waals surface area (Å²) in [5, 5.41) is 3.10. The molecule has 106 valence electrons. The standard InChI is InChI=1S/C15H21N5/c1-2-16-15-18-9-13(10-19-15)14-17-7-8-20(14)11-12-5-3-4-6-12/h7-10,12H,2-6,11H2,1H3,(H,16,18,19). The molecule has 2 heterocycles. The van der Waals surface area contributed by atoms with Crippen LogP contribution in [0.5, 0.6) is 0 Å². The van der Waals surface area contributed by atoms with Gasteiger partial charge in [0.05, 0.1) is 5.56 Å². The first-order chi connectivity index (χ1) is 9.86. The maximum atomic E-state index is 4.47. The Kier molecular flexibility index (Phi) is 3.95. The van der Waals surface area contributed by atoms with Crippen LogP contribution in [0.3, 0.4) is 0 Å². The summed E-state index contributed by atoms with van der Waals surface area (Å²) < 4.78 is 2.24. The van der Waals surface area contributed by atoms with E-state index in [2.05, 4.69) is 31.0 Å². The van der Waals surface area contributed by atoms with E-state index in [-0.39, 0.29) is 0 Å². The predicted molar refractivity (Wildman–Crippen MR) is 79.4 cm³/mol. The van der Waals surface area contributed by atoms with Gasteiger partial charge in [-0.15, -0.1) is 0 Å². The van der Waals surface area contributed by atoms with Crippen molar-refractivity contribution in [1.29, 1.82) is 0 Å². The van der Waals surface area contributed by atoms with Crippen LogP contribution in [0.25, 0.3) is 11.4 Å². The third-order valence-electron chi connectivity index (χ3n) is 3.89. The van der Waals surface area contributed by atoms with Crippen molar-refractivity contribution in [3.05, 3.63) is 24.8 Å². The van der Waals surface area contributed by atoms with Gasteiger partial charge in [0.25, 0.3) is 0 Å². The SMILES string of the molecule is CCNc1ncc(-c2nccn2CC2CCCC2)cn1. The van der Waals surface area contributed by atoms with Crippen molar-refractivity contribution in [2.24, 2.45) is 5.92 Å². The Morgan fingerprint density at radius 2 is 1.95 bits per heavy atom. The number of hydrogen-bond acceptors (Lipinski definition) is 4. The summed E-state index contributed by atoms with van der Waals surface area (Å²) in [6, 6.07) is 0. The number of aromatic nitrogens is 4. The van der Waals surface area contributed by atoms with E-state index in [1.165, 1.54) is 25.7 Å². The van der Waals surface area contributed by atoms with Crippen LogP contribution in [-0.2, 0) is 6.54 Å². The van der Waals surface area contributed by atoms with Crippen molar-refractivity contribution >= 4 is 5.95 Å². The number of imidazole rings is 1. The van der Waals surface area contributed by atoms with E-state index in [1.54, 1.807) is 0 Å². The third-order valence-corrected chi connectivity index (χ3v) is 3.89. The van der Waals surface area contributed by atoms with Crippen LogP contribution in [0.15, 0.2) is 24.8 Å². The highest BCUT2D eigenvalue weighted by Gasteiger charge is 2.17. The van der Waals surface area contributed by atoms with Crippen molar-refractivity contribution in [2.45, 2.75) is 39.2 Å². The van der Waals surface area contributed by atoms with E-state index in [0.29, 0.717) is 5.95 Å². The lowest BCUT2D eigenvalue weighted by Gasteiger charge is -2.12. The zero-order chi connectivity index (χ0) is 13.8. The average molecular weight is 271 g/mol. The van der Waals surface area contributed by atoms with Gasteiger partial charge in [-0.1, -0.05) is 12.8 Å². The van der Waals surface area contributed by atoms with Gasteiger partial charge in [0.15, 0.2) is 0 Å². The molecule has 0 radical (unpaired) electrons. The second-order valence-electron chi connectivity index (χ2n) is 5.38. The monoisotopic (exact) mass is 271 g/mol. The van der Waals surface area contributed by atoms with Crippen LogP contribution >= 0.6 is 0 Å². The molecule has 1 aliphatic carbocycles. The van der Waals surface area contributed by atoms with Crippen LogP contribution in [0, 0.1) is 5.92 Å². The third kappa shape index (κ3) is 2.81.